The molecule has 0 bridgehead atoms. The van der Waals surface area contributed by atoms with Gasteiger partial charge in [0.1, 0.15) is 0 Å². The van der Waals surface area contributed by atoms with Crippen molar-refractivity contribution in [3.8, 4) is 5.69 Å². The predicted octanol–water partition coefficient (Wildman–Crippen LogP) is 3.07. The molecular formula is C22H35IN6O. The Morgan fingerprint density at radius 2 is 2.10 bits per heavy atom. The van der Waals surface area contributed by atoms with Crippen LogP contribution in [-0.2, 0) is 4.74 Å². The van der Waals surface area contributed by atoms with Crippen LogP contribution < -0.4 is 10.6 Å². The van der Waals surface area contributed by atoms with Gasteiger partial charge in [-0.3, -0.25) is 4.99 Å². The van der Waals surface area contributed by atoms with Crippen molar-refractivity contribution < 1.29 is 4.74 Å². The minimum absolute atomic E-state index is 0. The van der Waals surface area contributed by atoms with Crippen molar-refractivity contribution in [2.45, 2.75) is 25.8 Å². The Labute approximate surface area is 197 Å². The second-order valence-electron chi connectivity index (χ2n) is 7.64. The van der Waals surface area contributed by atoms with Gasteiger partial charge in [-0.1, -0.05) is 12.1 Å². The SMILES string of the molecule is CN=C(NCC1CCN(CCOC)CC1)NC(C)c1cccc(-n2cccn2)c1.I. The first-order valence-corrected chi connectivity index (χ1v) is 10.5. The molecule has 0 aliphatic carbocycles. The van der Waals surface area contributed by atoms with Crippen molar-refractivity contribution in [1.29, 1.82) is 0 Å². The molecule has 2 aromatic rings. The number of hydrogen-bond donors (Lipinski definition) is 2. The summed E-state index contributed by atoms with van der Waals surface area (Å²) in [5.74, 6) is 1.54. The molecule has 3 rings (SSSR count). The number of methoxy groups -OCH3 is 1. The molecule has 1 atom stereocenters. The Balaban J connectivity index is 0.00000320. The third kappa shape index (κ3) is 7.24. The zero-order valence-electron chi connectivity index (χ0n) is 18.3. The molecule has 1 unspecified atom stereocenters. The summed E-state index contributed by atoms with van der Waals surface area (Å²) in [6.07, 6.45) is 6.19. The molecular weight excluding hydrogens is 491 g/mol. The van der Waals surface area contributed by atoms with Crippen LogP contribution in [0.5, 0.6) is 0 Å². The molecule has 2 N–H and O–H groups in total. The average molecular weight is 526 g/mol. The monoisotopic (exact) mass is 526 g/mol. The van der Waals surface area contributed by atoms with Gasteiger partial charge in [-0.25, -0.2) is 4.68 Å². The highest BCUT2D eigenvalue weighted by atomic mass is 127. The number of aliphatic imine (C=N–C) groups is 1. The molecule has 1 fully saturated rings. The number of aromatic nitrogens is 2. The summed E-state index contributed by atoms with van der Waals surface area (Å²) in [5, 5.41) is 11.3. The molecule has 30 heavy (non-hydrogen) atoms. The quantitative estimate of drug-likeness (QED) is 0.315. The Morgan fingerprint density at radius 1 is 1.30 bits per heavy atom. The van der Waals surface area contributed by atoms with Gasteiger partial charge in [-0.05, 0) is 62.5 Å². The van der Waals surface area contributed by atoms with E-state index in [1.54, 1.807) is 13.3 Å². The standard InChI is InChI=1S/C22H34N6O.HI/c1-18(20-6-4-7-21(16-20)28-11-5-10-25-28)26-22(23-2)24-17-19-8-12-27(13-9-19)14-15-29-3;/h4-7,10-11,16,18-19H,8-9,12-15,17H2,1-3H3,(H2,23,24,26);1H. The molecule has 0 radical (unpaired) electrons. The van der Waals surface area contributed by atoms with Crippen LogP contribution in [-0.4, -0.2) is 67.6 Å². The number of likely N-dealkylation sites (tertiary alicyclic amines) is 1. The second-order valence-corrected chi connectivity index (χ2v) is 7.64. The van der Waals surface area contributed by atoms with Crippen LogP contribution in [0.25, 0.3) is 5.69 Å². The number of piperidine rings is 1. The van der Waals surface area contributed by atoms with Gasteiger partial charge in [0.15, 0.2) is 5.96 Å². The lowest BCUT2D eigenvalue weighted by atomic mass is 9.97. The maximum Gasteiger partial charge on any atom is 0.191 e. The molecule has 166 valence electrons. The number of halogens is 1. The van der Waals surface area contributed by atoms with Gasteiger partial charge in [0.05, 0.1) is 18.3 Å². The van der Waals surface area contributed by atoms with Crippen molar-refractivity contribution in [2.24, 2.45) is 10.9 Å². The lowest BCUT2D eigenvalue weighted by Crippen LogP contribution is -2.43. The molecule has 1 aromatic heterocycles. The summed E-state index contributed by atoms with van der Waals surface area (Å²) in [7, 11) is 3.60. The van der Waals surface area contributed by atoms with Gasteiger partial charge in [0.25, 0.3) is 0 Å². The number of rotatable bonds is 8. The number of nitrogens with one attached hydrogen (secondary N) is 2. The molecule has 1 aliphatic rings. The first-order chi connectivity index (χ1) is 14.2. The topological polar surface area (TPSA) is 66.7 Å². The van der Waals surface area contributed by atoms with E-state index < -0.39 is 0 Å². The normalized spacial score (nSPS) is 16.7. The maximum absolute atomic E-state index is 5.18. The summed E-state index contributed by atoms with van der Waals surface area (Å²) in [4.78, 5) is 6.90. The van der Waals surface area contributed by atoms with Crippen molar-refractivity contribution in [1.82, 2.24) is 25.3 Å². The van der Waals surface area contributed by atoms with Gasteiger partial charge in [-0.15, -0.1) is 24.0 Å². The zero-order valence-corrected chi connectivity index (χ0v) is 20.6. The summed E-state index contributed by atoms with van der Waals surface area (Å²) < 4.78 is 7.06. The van der Waals surface area contributed by atoms with Crippen LogP contribution in [0, 0.1) is 5.92 Å². The largest absolute Gasteiger partial charge is 0.383 e. The Morgan fingerprint density at radius 3 is 2.77 bits per heavy atom. The fourth-order valence-corrected chi connectivity index (χ4v) is 3.72. The van der Waals surface area contributed by atoms with Gasteiger partial charge in [-0.2, -0.15) is 5.10 Å². The van der Waals surface area contributed by atoms with E-state index in [0.29, 0.717) is 5.92 Å². The molecule has 0 spiro atoms. The van der Waals surface area contributed by atoms with Crippen molar-refractivity contribution >= 4 is 29.9 Å². The summed E-state index contributed by atoms with van der Waals surface area (Å²) in [6, 6.07) is 10.5. The third-order valence-corrected chi connectivity index (χ3v) is 5.59. The number of benzene rings is 1. The highest BCUT2D eigenvalue weighted by molar-refractivity contribution is 14.0. The number of hydrogen-bond acceptors (Lipinski definition) is 4. The first kappa shape index (κ1) is 24.6. The highest BCUT2D eigenvalue weighted by Crippen LogP contribution is 2.18. The maximum atomic E-state index is 5.18. The van der Waals surface area contributed by atoms with E-state index in [9.17, 15) is 0 Å². The molecule has 7 nitrogen and oxygen atoms in total. The van der Waals surface area contributed by atoms with Gasteiger partial charge in [0.2, 0.25) is 0 Å². The number of nitrogens with zero attached hydrogens (tertiary/aromatic N) is 4. The number of guanidine groups is 1. The molecule has 2 heterocycles. The van der Waals surface area contributed by atoms with E-state index in [4.69, 9.17) is 4.74 Å². The summed E-state index contributed by atoms with van der Waals surface area (Å²) in [6.45, 7) is 7.27. The Hall–Kier alpha value is -1.65. The molecule has 0 saturated carbocycles. The highest BCUT2D eigenvalue weighted by Gasteiger charge is 2.19. The van der Waals surface area contributed by atoms with Gasteiger partial charge < -0.3 is 20.3 Å². The number of ether oxygens (including phenoxy) is 1. The van der Waals surface area contributed by atoms with Crippen LogP contribution in [0.3, 0.4) is 0 Å². The zero-order chi connectivity index (χ0) is 20.5. The van der Waals surface area contributed by atoms with Crippen molar-refractivity contribution in [3.05, 3.63) is 48.3 Å². The van der Waals surface area contributed by atoms with Gasteiger partial charge in [0, 0.05) is 39.6 Å². The lowest BCUT2D eigenvalue weighted by molar-refractivity contribution is 0.121. The van der Waals surface area contributed by atoms with Crippen LogP contribution in [0.1, 0.15) is 31.4 Å². The summed E-state index contributed by atoms with van der Waals surface area (Å²) in [5.41, 5.74) is 2.26. The van der Waals surface area contributed by atoms with E-state index in [1.807, 2.05) is 24.0 Å². The average Bonchev–Trinajstić information content (AvgIpc) is 3.31. The van der Waals surface area contributed by atoms with Crippen LogP contribution in [0.2, 0.25) is 0 Å². The van der Waals surface area contributed by atoms with E-state index >= 15 is 0 Å². The molecule has 1 saturated heterocycles. The molecule has 1 aliphatic heterocycles. The van der Waals surface area contributed by atoms with Crippen molar-refractivity contribution in [3.63, 3.8) is 0 Å². The van der Waals surface area contributed by atoms with E-state index in [0.717, 1.165) is 44.4 Å². The Bertz CT molecular complexity index is 759. The predicted molar refractivity (Wildman–Crippen MR) is 133 cm³/mol. The van der Waals surface area contributed by atoms with Gasteiger partial charge >= 0.3 is 0 Å². The van der Waals surface area contributed by atoms with Crippen molar-refractivity contribution in [2.75, 3.05) is 46.9 Å². The fraction of sp³-hybridized carbons (Fsp3) is 0.545. The fourth-order valence-electron chi connectivity index (χ4n) is 3.72. The van der Waals surface area contributed by atoms with E-state index in [2.05, 4.69) is 56.8 Å². The lowest BCUT2D eigenvalue weighted by Gasteiger charge is -2.32. The van der Waals surface area contributed by atoms with E-state index in [1.165, 1.54) is 18.4 Å². The third-order valence-electron chi connectivity index (χ3n) is 5.59. The summed E-state index contributed by atoms with van der Waals surface area (Å²) >= 11 is 0. The minimum Gasteiger partial charge on any atom is -0.383 e. The minimum atomic E-state index is 0. The van der Waals surface area contributed by atoms with Crippen LogP contribution >= 0.6 is 24.0 Å². The molecule has 0 amide bonds. The molecule has 1 aromatic carbocycles. The molecule has 8 heteroatoms. The van der Waals surface area contributed by atoms with E-state index in [-0.39, 0.29) is 30.0 Å². The van der Waals surface area contributed by atoms with Crippen LogP contribution in [0.4, 0.5) is 0 Å². The van der Waals surface area contributed by atoms with Crippen LogP contribution in [0.15, 0.2) is 47.7 Å². The second kappa shape index (κ2) is 12.9. The Kier molecular flexibility index (Phi) is 10.6. The smallest absolute Gasteiger partial charge is 0.191 e. The first-order valence-electron chi connectivity index (χ1n) is 10.5.